The summed E-state index contributed by atoms with van der Waals surface area (Å²) >= 11 is 0. The molecule has 0 aromatic rings. The Hall–Kier alpha value is -0.120. The smallest absolute Gasteiger partial charge is 0.0120 e. The maximum absolute atomic E-state index is 3.72. The van der Waals surface area contributed by atoms with E-state index in [4.69, 9.17) is 0 Å². The maximum Gasteiger partial charge on any atom is 0.0120 e. The molecule has 0 aromatic heterocycles. The summed E-state index contributed by atoms with van der Waals surface area (Å²) in [4.78, 5) is 4.73. The van der Waals surface area contributed by atoms with Crippen LogP contribution in [-0.2, 0) is 0 Å². The van der Waals surface area contributed by atoms with Crippen molar-refractivity contribution >= 4 is 0 Å². The minimum Gasteiger partial charge on any atom is -0.314 e. The third-order valence-electron chi connectivity index (χ3n) is 3.80. The summed E-state index contributed by atoms with van der Waals surface area (Å²) < 4.78 is 0. The molecule has 0 aromatic carbocycles. The van der Waals surface area contributed by atoms with E-state index in [0.29, 0.717) is 6.04 Å². The number of hydrogen-bond acceptors (Lipinski definition) is 3. The van der Waals surface area contributed by atoms with Crippen LogP contribution in [-0.4, -0.2) is 62.7 Å². The van der Waals surface area contributed by atoms with Gasteiger partial charge in [0.05, 0.1) is 0 Å². The van der Waals surface area contributed by atoms with Gasteiger partial charge in [0.25, 0.3) is 0 Å². The minimum absolute atomic E-state index is 0.716. The van der Waals surface area contributed by atoms with E-state index in [1.807, 2.05) is 0 Å². The van der Waals surface area contributed by atoms with Crippen molar-refractivity contribution in [3.05, 3.63) is 0 Å². The normalized spacial score (nSPS) is 32.2. The lowest BCUT2D eigenvalue weighted by Gasteiger charge is -2.40. The summed E-state index contributed by atoms with van der Waals surface area (Å²) in [7, 11) is 6.52. The van der Waals surface area contributed by atoms with Crippen LogP contribution < -0.4 is 5.32 Å². The molecule has 0 unspecified atom stereocenters. The van der Waals surface area contributed by atoms with Gasteiger partial charge in [0.2, 0.25) is 0 Å². The van der Waals surface area contributed by atoms with E-state index in [1.54, 1.807) is 0 Å². The quantitative estimate of drug-likeness (QED) is 0.713. The highest BCUT2D eigenvalue weighted by atomic mass is 15.2. The molecule has 0 amide bonds. The van der Waals surface area contributed by atoms with Crippen molar-refractivity contribution in [2.75, 3.05) is 40.8 Å². The first-order chi connectivity index (χ1) is 7.50. The molecule has 0 saturated carbocycles. The number of nitrogens with zero attached hydrogens (tertiary/aromatic N) is 2. The first-order valence-electron chi connectivity index (χ1n) is 6.59. The van der Waals surface area contributed by atoms with Gasteiger partial charge in [-0.1, -0.05) is 6.92 Å². The van der Waals surface area contributed by atoms with Crippen LogP contribution in [0, 0.1) is 5.92 Å². The van der Waals surface area contributed by atoms with Gasteiger partial charge in [-0.05, 0) is 59.9 Å². The molecular formula is C13H29N3. The average Bonchev–Trinajstić information content (AvgIpc) is 2.19. The SMILES string of the molecule is C[C@@H]1CN(C)[C@@H](C)C[C@H]1NCCCN(C)C. The largest absolute Gasteiger partial charge is 0.314 e. The average molecular weight is 227 g/mol. The van der Waals surface area contributed by atoms with E-state index in [9.17, 15) is 0 Å². The third kappa shape index (κ3) is 4.40. The van der Waals surface area contributed by atoms with Gasteiger partial charge < -0.3 is 15.1 Å². The molecule has 1 aliphatic rings. The first kappa shape index (κ1) is 13.9. The molecule has 16 heavy (non-hydrogen) atoms. The molecule has 3 nitrogen and oxygen atoms in total. The molecule has 1 rings (SSSR count). The molecule has 1 saturated heterocycles. The first-order valence-corrected chi connectivity index (χ1v) is 6.59. The zero-order valence-electron chi connectivity index (χ0n) is 11.7. The summed E-state index contributed by atoms with van der Waals surface area (Å²) in [5, 5.41) is 3.72. The van der Waals surface area contributed by atoms with Gasteiger partial charge in [-0.3, -0.25) is 0 Å². The molecule has 1 heterocycles. The van der Waals surface area contributed by atoms with Gasteiger partial charge in [-0.15, -0.1) is 0 Å². The Balaban J connectivity index is 2.20. The molecule has 0 radical (unpaired) electrons. The monoisotopic (exact) mass is 227 g/mol. The van der Waals surface area contributed by atoms with Crippen LogP contribution in [0.25, 0.3) is 0 Å². The van der Waals surface area contributed by atoms with E-state index < -0.39 is 0 Å². The highest BCUT2D eigenvalue weighted by Crippen LogP contribution is 2.20. The lowest BCUT2D eigenvalue weighted by atomic mass is 9.90. The van der Waals surface area contributed by atoms with E-state index >= 15 is 0 Å². The van der Waals surface area contributed by atoms with Gasteiger partial charge in [0.1, 0.15) is 0 Å². The lowest BCUT2D eigenvalue weighted by Crippen LogP contribution is -2.51. The molecular weight excluding hydrogens is 198 g/mol. The van der Waals surface area contributed by atoms with Crippen molar-refractivity contribution in [2.45, 2.75) is 38.8 Å². The van der Waals surface area contributed by atoms with Crippen LogP contribution in [0.3, 0.4) is 0 Å². The summed E-state index contributed by atoms with van der Waals surface area (Å²) in [6, 6.07) is 1.44. The van der Waals surface area contributed by atoms with Crippen LogP contribution >= 0.6 is 0 Å². The van der Waals surface area contributed by atoms with Crippen molar-refractivity contribution in [3.63, 3.8) is 0 Å². The summed E-state index contributed by atoms with van der Waals surface area (Å²) in [6.45, 7) is 8.27. The van der Waals surface area contributed by atoms with Crippen molar-refractivity contribution < 1.29 is 0 Å². The topological polar surface area (TPSA) is 18.5 Å². The van der Waals surface area contributed by atoms with Crippen LogP contribution in [0.1, 0.15) is 26.7 Å². The molecule has 1 N–H and O–H groups in total. The van der Waals surface area contributed by atoms with Gasteiger partial charge in [-0.2, -0.15) is 0 Å². The van der Waals surface area contributed by atoms with Crippen molar-refractivity contribution in [3.8, 4) is 0 Å². The Bertz CT molecular complexity index is 194. The van der Waals surface area contributed by atoms with Gasteiger partial charge in [0.15, 0.2) is 0 Å². The van der Waals surface area contributed by atoms with Gasteiger partial charge in [0, 0.05) is 18.6 Å². The number of likely N-dealkylation sites (tertiary alicyclic amines) is 1. The molecule has 96 valence electrons. The lowest BCUT2D eigenvalue weighted by molar-refractivity contribution is 0.121. The number of nitrogens with one attached hydrogen (secondary N) is 1. The van der Waals surface area contributed by atoms with Crippen molar-refractivity contribution in [1.82, 2.24) is 15.1 Å². The predicted molar refractivity (Wildman–Crippen MR) is 70.8 cm³/mol. The summed E-state index contributed by atoms with van der Waals surface area (Å²) in [6.07, 6.45) is 2.54. The Labute approximate surface area is 101 Å². The maximum atomic E-state index is 3.72. The van der Waals surface area contributed by atoms with E-state index in [-0.39, 0.29) is 0 Å². The zero-order valence-corrected chi connectivity index (χ0v) is 11.7. The molecule has 3 heteroatoms. The second kappa shape index (κ2) is 6.58. The summed E-state index contributed by atoms with van der Waals surface area (Å²) in [5.74, 6) is 0.778. The zero-order chi connectivity index (χ0) is 12.1. The van der Waals surface area contributed by atoms with Gasteiger partial charge in [-0.25, -0.2) is 0 Å². The Morgan fingerprint density at radius 2 is 2.00 bits per heavy atom. The van der Waals surface area contributed by atoms with Crippen molar-refractivity contribution in [2.24, 2.45) is 5.92 Å². The number of piperidine rings is 1. The molecule has 0 aliphatic carbocycles. The molecule has 3 atom stereocenters. The fourth-order valence-electron chi connectivity index (χ4n) is 2.51. The molecule has 1 fully saturated rings. The molecule has 1 aliphatic heterocycles. The fraction of sp³-hybridized carbons (Fsp3) is 1.00. The molecule has 0 spiro atoms. The minimum atomic E-state index is 0.716. The van der Waals surface area contributed by atoms with Crippen LogP contribution in [0.15, 0.2) is 0 Å². The second-order valence-electron chi connectivity index (χ2n) is 5.72. The third-order valence-corrected chi connectivity index (χ3v) is 3.80. The van der Waals surface area contributed by atoms with Crippen LogP contribution in [0.2, 0.25) is 0 Å². The Morgan fingerprint density at radius 1 is 1.31 bits per heavy atom. The fourth-order valence-corrected chi connectivity index (χ4v) is 2.51. The number of rotatable bonds is 5. The number of hydrogen-bond donors (Lipinski definition) is 1. The predicted octanol–water partition coefficient (Wildman–Crippen LogP) is 1.26. The van der Waals surface area contributed by atoms with E-state index in [2.05, 4.69) is 50.1 Å². The van der Waals surface area contributed by atoms with E-state index in [1.165, 1.54) is 25.9 Å². The summed E-state index contributed by atoms with van der Waals surface area (Å²) in [5.41, 5.74) is 0. The van der Waals surface area contributed by atoms with Crippen molar-refractivity contribution in [1.29, 1.82) is 0 Å². The van der Waals surface area contributed by atoms with Crippen LogP contribution in [0.4, 0.5) is 0 Å². The Morgan fingerprint density at radius 3 is 2.62 bits per heavy atom. The highest BCUT2D eigenvalue weighted by molar-refractivity contribution is 4.85. The van der Waals surface area contributed by atoms with Gasteiger partial charge >= 0.3 is 0 Å². The standard InChI is InChI=1S/C13H29N3/c1-11-10-16(5)12(2)9-13(11)14-7-6-8-15(3)4/h11-14H,6-10H2,1-5H3/t11-,12+,13-/m1/s1. The second-order valence-corrected chi connectivity index (χ2v) is 5.72. The molecule has 0 bridgehead atoms. The highest BCUT2D eigenvalue weighted by Gasteiger charge is 2.27. The Kier molecular flexibility index (Phi) is 5.73. The van der Waals surface area contributed by atoms with E-state index in [0.717, 1.165) is 18.5 Å². The van der Waals surface area contributed by atoms with Crippen LogP contribution in [0.5, 0.6) is 0 Å².